The predicted octanol–water partition coefficient (Wildman–Crippen LogP) is 3.01. The maximum atomic E-state index is 13.1. The number of rotatable bonds is 2. The first kappa shape index (κ1) is 12.7. The zero-order valence-corrected chi connectivity index (χ0v) is 11.0. The molecule has 0 aliphatic carbocycles. The van der Waals surface area contributed by atoms with Crippen LogP contribution >= 0.6 is 11.6 Å². The molecule has 0 N–H and O–H groups in total. The molecule has 0 atom stereocenters. The van der Waals surface area contributed by atoms with Gasteiger partial charge in [0.2, 0.25) is 0 Å². The Morgan fingerprint density at radius 1 is 1.18 bits per heavy atom. The largest absolute Gasteiger partial charge is 0.369 e. The van der Waals surface area contributed by atoms with E-state index in [4.69, 9.17) is 11.6 Å². The lowest BCUT2D eigenvalue weighted by Crippen LogP contribution is -2.48. The van der Waals surface area contributed by atoms with Crippen molar-refractivity contribution in [2.24, 2.45) is 0 Å². The number of nitrogens with zero attached hydrogens (tertiary/aromatic N) is 2. The third-order valence-corrected chi connectivity index (χ3v) is 3.60. The van der Waals surface area contributed by atoms with Gasteiger partial charge in [-0.25, -0.2) is 4.39 Å². The van der Waals surface area contributed by atoms with Crippen LogP contribution in [0.15, 0.2) is 18.2 Å². The van der Waals surface area contributed by atoms with Gasteiger partial charge in [0.05, 0.1) is 5.02 Å². The molecular weight excluding hydrogens is 239 g/mol. The Morgan fingerprint density at radius 2 is 1.82 bits per heavy atom. The maximum absolute atomic E-state index is 13.1. The highest BCUT2D eigenvalue weighted by atomic mass is 35.5. The van der Waals surface area contributed by atoms with E-state index in [9.17, 15) is 4.39 Å². The maximum Gasteiger partial charge on any atom is 0.141 e. The van der Waals surface area contributed by atoms with Crippen LogP contribution in [0, 0.1) is 5.82 Å². The van der Waals surface area contributed by atoms with E-state index in [-0.39, 0.29) is 10.8 Å². The van der Waals surface area contributed by atoms with Gasteiger partial charge in [0, 0.05) is 37.9 Å². The average molecular weight is 257 g/mol. The van der Waals surface area contributed by atoms with E-state index in [1.54, 1.807) is 12.1 Å². The second kappa shape index (κ2) is 5.23. The number of benzene rings is 1. The molecule has 2 nitrogen and oxygen atoms in total. The summed E-state index contributed by atoms with van der Waals surface area (Å²) in [5, 5.41) is 0.203. The number of hydrogen-bond acceptors (Lipinski definition) is 2. The summed E-state index contributed by atoms with van der Waals surface area (Å²) in [6.07, 6.45) is 0. The van der Waals surface area contributed by atoms with E-state index in [1.165, 1.54) is 6.07 Å². The fraction of sp³-hybridized carbons (Fsp3) is 0.538. The summed E-state index contributed by atoms with van der Waals surface area (Å²) < 4.78 is 13.1. The Kier molecular flexibility index (Phi) is 3.89. The van der Waals surface area contributed by atoms with E-state index >= 15 is 0 Å². The molecule has 1 heterocycles. The van der Waals surface area contributed by atoms with Gasteiger partial charge in [-0.15, -0.1) is 0 Å². The van der Waals surface area contributed by atoms with Gasteiger partial charge in [-0.2, -0.15) is 0 Å². The lowest BCUT2D eigenvalue weighted by atomic mass is 10.2. The smallest absolute Gasteiger partial charge is 0.141 e. The van der Waals surface area contributed by atoms with E-state index in [0.29, 0.717) is 6.04 Å². The van der Waals surface area contributed by atoms with Gasteiger partial charge >= 0.3 is 0 Å². The number of halogens is 2. The minimum Gasteiger partial charge on any atom is -0.369 e. The molecule has 0 spiro atoms. The van der Waals surface area contributed by atoms with Crippen LogP contribution in [0.4, 0.5) is 10.1 Å². The molecule has 17 heavy (non-hydrogen) atoms. The standard InChI is InChI=1S/C13H18ClFN2/c1-10(2)16-5-7-17(8-6-16)11-3-4-13(15)12(14)9-11/h3-4,9-10H,5-8H2,1-2H3. The van der Waals surface area contributed by atoms with Gasteiger partial charge in [0.25, 0.3) is 0 Å². The van der Waals surface area contributed by atoms with Crippen LogP contribution in [0.5, 0.6) is 0 Å². The van der Waals surface area contributed by atoms with Crippen molar-refractivity contribution in [3.8, 4) is 0 Å². The third kappa shape index (κ3) is 2.90. The quantitative estimate of drug-likeness (QED) is 0.803. The first-order chi connectivity index (χ1) is 8.08. The molecular formula is C13H18ClFN2. The minimum absolute atomic E-state index is 0.203. The zero-order chi connectivity index (χ0) is 12.4. The van der Waals surface area contributed by atoms with Crippen molar-refractivity contribution in [1.82, 2.24) is 4.90 Å². The van der Waals surface area contributed by atoms with Gasteiger partial charge in [-0.1, -0.05) is 11.6 Å². The second-order valence-corrected chi connectivity index (χ2v) is 5.12. The summed E-state index contributed by atoms with van der Waals surface area (Å²) in [4.78, 5) is 4.70. The van der Waals surface area contributed by atoms with Crippen LogP contribution < -0.4 is 4.90 Å². The highest BCUT2D eigenvalue weighted by Gasteiger charge is 2.19. The van der Waals surface area contributed by atoms with Crippen molar-refractivity contribution in [3.63, 3.8) is 0 Å². The Morgan fingerprint density at radius 3 is 2.35 bits per heavy atom. The molecule has 1 aliphatic rings. The molecule has 0 unspecified atom stereocenters. The fourth-order valence-corrected chi connectivity index (χ4v) is 2.35. The lowest BCUT2D eigenvalue weighted by Gasteiger charge is -2.38. The Labute approximate surface area is 107 Å². The lowest BCUT2D eigenvalue weighted by molar-refractivity contribution is 0.209. The van der Waals surface area contributed by atoms with Crippen molar-refractivity contribution >= 4 is 17.3 Å². The van der Waals surface area contributed by atoms with Gasteiger partial charge in [-0.05, 0) is 32.0 Å². The number of piperazine rings is 1. The molecule has 94 valence electrons. The summed E-state index contributed by atoms with van der Waals surface area (Å²) in [5.74, 6) is -0.351. The van der Waals surface area contributed by atoms with Crippen LogP contribution in [0.25, 0.3) is 0 Å². The highest BCUT2D eigenvalue weighted by molar-refractivity contribution is 6.31. The summed E-state index contributed by atoms with van der Waals surface area (Å²) in [7, 11) is 0. The number of hydrogen-bond donors (Lipinski definition) is 0. The van der Waals surface area contributed by atoms with E-state index in [2.05, 4.69) is 23.6 Å². The Balaban J connectivity index is 2.03. The highest BCUT2D eigenvalue weighted by Crippen LogP contribution is 2.23. The molecule has 1 aliphatic heterocycles. The first-order valence-corrected chi connectivity index (χ1v) is 6.40. The van der Waals surface area contributed by atoms with Crippen LogP contribution in [0.2, 0.25) is 5.02 Å². The summed E-state index contributed by atoms with van der Waals surface area (Å²) >= 11 is 5.80. The van der Waals surface area contributed by atoms with Gasteiger partial charge < -0.3 is 4.90 Å². The van der Waals surface area contributed by atoms with Gasteiger partial charge in [-0.3, -0.25) is 4.90 Å². The van der Waals surface area contributed by atoms with Crippen molar-refractivity contribution < 1.29 is 4.39 Å². The van der Waals surface area contributed by atoms with Crippen LogP contribution in [-0.4, -0.2) is 37.1 Å². The molecule has 2 rings (SSSR count). The summed E-state index contributed by atoms with van der Waals surface area (Å²) in [6.45, 7) is 8.47. The van der Waals surface area contributed by atoms with Crippen molar-refractivity contribution in [3.05, 3.63) is 29.0 Å². The molecule has 0 aromatic heterocycles. The molecule has 1 aromatic rings. The molecule has 1 aromatic carbocycles. The van der Waals surface area contributed by atoms with Crippen molar-refractivity contribution in [2.75, 3.05) is 31.1 Å². The van der Waals surface area contributed by atoms with Gasteiger partial charge in [0.1, 0.15) is 5.82 Å². The summed E-state index contributed by atoms with van der Waals surface area (Å²) in [5.41, 5.74) is 1.01. The first-order valence-electron chi connectivity index (χ1n) is 6.02. The SMILES string of the molecule is CC(C)N1CCN(c2ccc(F)c(Cl)c2)CC1. The van der Waals surface area contributed by atoms with Crippen LogP contribution in [0.1, 0.15) is 13.8 Å². The monoisotopic (exact) mass is 256 g/mol. The van der Waals surface area contributed by atoms with E-state index < -0.39 is 0 Å². The molecule has 0 bridgehead atoms. The molecule has 0 amide bonds. The molecule has 4 heteroatoms. The van der Waals surface area contributed by atoms with Gasteiger partial charge in [0.15, 0.2) is 0 Å². The average Bonchev–Trinajstić information content (AvgIpc) is 2.33. The Hall–Kier alpha value is -0.800. The third-order valence-electron chi connectivity index (χ3n) is 3.31. The van der Waals surface area contributed by atoms with E-state index in [1.807, 2.05) is 0 Å². The normalized spacial score (nSPS) is 17.8. The zero-order valence-electron chi connectivity index (χ0n) is 10.3. The summed E-state index contributed by atoms with van der Waals surface area (Å²) in [6, 6.07) is 5.54. The molecule has 1 fully saturated rings. The Bertz CT molecular complexity index is 387. The minimum atomic E-state index is -0.351. The van der Waals surface area contributed by atoms with Crippen molar-refractivity contribution in [2.45, 2.75) is 19.9 Å². The van der Waals surface area contributed by atoms with Crippen LogP contribution in [-0.2, 0) is 0 Å². The van der Waals surface area contributed by atoms with Crippen LogP contribution in [0.3, 0.4) is 0 Å². The number of anilines is 1. The molecule has 1 saturated heterocycles. The van der Waals surface area contributed by atoms with E-state index in [0.717, 1.165) is 31.9 Å². The molecule has 0 saturated carbocycles. The topological polar surface area (TPSA) is 6.48 Å². The molecule has 0 radical (unpaired) electrons. The second-order valence-electron chi connectivity index (χ2n) is 4.72. The fourth-order valence-electron chi connectivity index (χ4n) is 2.18. The predicted molar refractivity (Wildman–Crippen MR) is 70.3 cm³/mol. The van der Waals surface area contributed by atoms with Crippen molar-refractivity contribution in [1.29, 1.82) is 0 Å².